The van der Waals surface area contributed by atoms with Gasteiger partial charge in [0.15, 0.2) is 0 Å². The molecule has 2 aromatic carbocycles. The third kappa shape index (κ3) is 4.05. The first kappa shape index (κ1) is 17.4. The van der Waals surface area contributed by atoms with Crippen molar-refractivity contribution in [2.24, 2.45) is 5.92 Å². The van der Waals surface area contributed by atoms with Crippen LogP contribution >= 0.6 is 0 Å². The van der Waals surface area contributed by atoms with E-state index in [0.29, 0.717) is 12.3 Å². The molecule has 2 heterocycles. The predicted octanol–water partition coefficient (Wildman–Crippen LogP) is 4.18. The zero-order chi connectivity index (χ0) is 18.6. The van der Waals surface area contributed by atoms with Crippen molar-refractivity contribution < 1.29 is 4.92 Å². The van der Waals surface area contributed by atoms with E-state index in [1.54, 1.807) is 0 Å². The van der Waals surface area contributed by atoms with Gasteiger partial charge in [0.05, 0.1) is 5.69 Å². The van der Waals surface area contributed by atoms with Crippen LogP contribution in [0.5, 0.6) is 0 Å². The molecule has 0 aliphatic carbocycles. The number of hydrogen-bond donors (Lipinski definition) is 0. The molecule has 1 saturated heterocycles. The number of nitro groups is 1. The molecule has 0 unspecified atom stereocenters. The molecule has 1 aliphatic rings. The van der Waals surface area contributed by atoms with Gasteiger partial charge in [-0.2, -0.15) is 0 Å². The minimum Gasteiger partial charge on any atom is -0.341 e. The molecule has 4 rings (SSSR count). The third-order valence-electron chi connectivity index (χ3n) is 5.31. The van der Waals surface area contributed by atoms with Crippen molar-refractivity contribution in [2.45, 2.75) is 19.3 Å². The van der Waals surface area contributed by atoms with Gasteiger partial charge in [0.2, 0.25) is 12.5 Å². The molecule has 0 N–H and O–H groups in total. The molecule has 0 radical (unpaired) electrons. The first-order valence-electron chi connectivity index (χ1n) is 9.38. The molecule has 27 heavy (non-hydrogen) atoms. The van der Waals surface area contributed by atoms with Gasteiger partial charge >= 0.3 is 0 Å². The Morgan fingerprint density at radius 3 is 2.63 bits per heavy atom. The van der Waals surface area contributed by atoms with E-state index in [0.717, 1.165) is 43.1 Å². The molecule has 6 nitrogen and oxygen atoms in total. The van der Waals surface area contributed by atoms with Crippen molar-refractivity contribution in [1.82, 2.24) is 9.97 Å². The Bertz CT molecular complexity index is 952. The highest BCUT2D eigenvalue weighted by Crippen LogP contribution is 2.26. The van der Waals surface area contributed by atoms with Gasteiger partial charge in [-0.25, -0.2) is 9.97 Å². The second-order valence-corrected chi connectivity index (χ2v) is 7.08. The van der Waals surface area contributed by atoms with Crippen LogP contribution in [0, 0.1) is 16.0 Å². The summed E-state index contributed by atoms with van der Waals surface area (Å²) in [5, 5.41) is 13.0. The Hall–Kier alpha value is -3.02. The number of fused-ring (bicyclic) bond motifs is 1. The molecule has 138 valence electrons. The Morgan fingerprint density at radius 1 is 1.07 bits per heavy atom. The third-order valence-corrected chi connectivity index (χ3v) is 5.31. The molecule has 1 aliphatic heterocycles. The summed E-state index contributed by atoms with van der Waals surface area (Å²) < 4.78 is 0. The van der Waals surface area contributed by atoms with E-state index in [4.69, 9.17) is 4.98 Å². The molecule has 0 saturated carbocycles. The van der Waals surface area contributed by atoms with E-state index in [2.05, 4.69) is 40.2 Å². The largest absolute Gasteiger partial charge is 0.341 e. The average molecular weight is 362 g/mol. The number of piperidine rings is 1. The van der Waals surface area contributed by atoms with Gasteiger partial charge in [-0.05, 0) is 41.7 Å². The van der Waals surface area contributed by atoms with Crippen LogP contribution in [0.2, 0.25) is 0 Å². The highest BCUT2D eigenvalue weighted by molar-refractivity contribution is 5.86. The quantitative estimate of drug-likeness (QED) is 0.503. The van der Waals surface area contributed by atoms with E-state index in [1.165, 1.54) is 10.8 Å². The molecule has 0 amide bonds. The Kier molecular flexibility index (Phi) is 4.96. The van der Waals surface area contributed by atoms with Gasteiger partial charge < -0.3 is 4.90 Å². The summed E-state index contributed by atoms with van der Waals surface area (Å²) in [7, 11) is 0. The van der Waals surface area contributed by atoms with Crippen molar-refractivity contribution in [2.75, 3.05) is 24.5 Å². The summed E-state index contributed by atoms with van der Waals surface area (Å²) in [6.45, 7) is 1.77. The molecule has 1 fully saturated rings. The van der Waals surface area contributed by atoms with Crippen LogP contribution in [-0.2, 0) is 0 Å². The molecule has 1 aromatic heterocycles. The van der Waals surface area contributed by atoms with Gasteiger partial charge in [0.25, 0.3) is 0 Å². The molecular formula is C21H22N4O2. The van der Waals surface area contributed by atoms with Gasteiger partial charge in [-0.1, -0.05) is 36.4 Å². The molecule has 3 aromatic rings. The fourth-order valence-corrected chi connectivity index (χ4v) is 3.72. The molecular weight excluding hydrogens is 340 g/mol. The predicted molar refractivity (Wildman–Crippen MR) is 106 cm³/mol. The van der Waals surface area contributed by atoms with Gasteiger partial charge in [0.1, 0.15) is 0 Å². The van der Waals surface area contributed by atoms with Crippen molar-refractivity contribution in [3.05, 3.63) is 64.8 Å². The first-order chi connectivity index (χ1) is 13.2. The number of aromatic nitrogens is 2. The summed E-state index contributed by atoms with van der Waals surface area (Å²) in [4.78, 5) is 21.8. The topological polar surface area (TPSA) is 72.2 Å². The maximum absolute atomic E-state index is 10.6. The lowest BCUT2D eigenvalue weighted by Gasteiger charge is -2.31. The van der Waals surface area contributed by atoms with E-state index < -0.39 is 0 Å². The fraction of sp³-hybridized carbons (Fsp3) is 0.333. The molecule has 0 bridgehead atoms. The molecule has 0 atom stereocenters. The number of benzene rings is 2. The van der Waals surface area contributed by atoms with Crippen LogP contribution < -0.4 is 4.90 Å². The monoisotopic (exact) mass is 362 g/mol. The van der Waals surface area contributed by atoms with Crippen LogP contribution in [0.3, 0.4) is 0 Å². The summed E-state index contributed by atoms with van der Waals surface area (Å²) >= 11 is 0. The lowest BCUT2D eigenvalue weighted by atomic mass is 9.94. The number of rotatable bonds is 5. The number of anilines is 1. The highest BCUT2D eigenvalue weighted by Gasteiger charge is 2.22. The minimum atomic E-state index is -0.220. The first-order valence-corrected chi connectivity index (χ1v) is 9.38. The van der Waals surface area contributed by atoms with Crippen LogP contribution in [0.1, 0.15) is 19.3 Å². The van der Waals surface area contributed by atoms with E-state index in [9.17, 15) is 10.1 Å². The standard InChI is InChI=1S/C21H22N4O2/c26-25(27)14-10-16-8-12-24(13-9-16)21-22-11-7-20(23-21)19-6-5-17-3-1-2-4-18(17)15-19/h1-7,11,15-16H,8-10,12-14H2. The summed E-state index contributed by atoms with van der Waals surface area (Å²) in [5.41, 5.74) is 2.00. The maximum atomic E-state index is 10.6. The molecule has 0 spiro atoms. The molecule has 6 heteroatoms. The zero-order valence-electron chi connectivity index (χ0n) is 15.1. The van der Waals surface area contributed by atoms with Crippen LogP contribution in [0.4, 0.5) is 5.95 Å². The second kappa shape index (κ2) is 7.70. The normalized spacial score (nSPS) is 15.2. The summed E-state index contributed by atoms with van der Waals surface area (Å²) in [6, 6.07) is 16.6. The maximum Gasteiger partial charge on any atom is 0.225 e. The lowest BCUT2D eigenvalue weighted by molar-refractivity contribution is -0.481. The van der Waals surface area contributed by atoms with Gasteiger partial charge in [0, 0.05) is 36.2 Å². The smallest absolute Gasteiger partial charge is 0.225 e. The summed E-state index contributed by atoms with van der Waals surface area (Å²) in [6.07, 6.45) is 4.39. The Balaban J connectivity index is 1.48. The van der Waals surface area contributed by atoms with Crippen LogP contribution in [0.25, 0.3) is 22.0 Å². The Labute approximate surface area is 158 Å². The zero-order valence-corrected chi connectivity index (χ0v) is 15.1. The number of hydrogen-bond acceptors (Lipinski definition) is 5. The van der Waals surface area contributed by atoms with E-state index in [1.807, 2.05) is 24.4 Å². The fourth-order valence-electron chi connectivity index (χ4n) is 3.72. The Morgan fingerprint density at radius 2 is 1.85 bits per heavy atom. The van der Waals surface area contributed by atoms with Crippen molar-refractivity contribution >= 4 is 16.7 Å². The van der Waals surface area contributed by atoms with Gasteiger partial charge in [-0.15, -0.1) is 0 Å². The highest BCUT2D eigenvalue weighted by atomic mass is 16.6. The SMILES string of the molecule is O=[N+]([O-])CCC1CCN(c2nccc(-c3ccc4ccccc4c3)n2)CC1. The van der Waals surface area contributed by atoms with Crippen molar-refractivity contribution in [3.8, 4) is 11.3 Å². The van der Waals surface area contributed by atoms with E-state index >= 15 is 0 Å². The minimum absolute atomic E-state index is 0.0681. The van der Waals surface area contributed by atoms with Crippen molar-refractivity contribution in [1.29, 1.82) is 0 Å². The number of nitrogens with zero attached hydrogens (tertiary/aromatic N) is 4. The van der Waals surface area contributed by atoms with Gasteiger partial charge in [-0.3, -0.25) is 10.1 Å². The van der Waals surface area contributed by atoms with Crippen LogP contribution in [-0.4, -0.2) is 34.5 Å². The lowest BCUT2D eigenvalue weighted by Crippen LogP contribution is -2.35. The van der Waals surface area contributed by atoms with Crippen LogP contribution in [0.15, 0.2) is 54.7 Å². The average Bonchev–Trinajstić information content (AvgIpc) is 2.72. The van der Waals surface area contributed by atoms with E-state index in [-0.39, 0.29) is 11.5 Å². The summed E-state index contributed by atoms with van der Waals surface area (Å²) in [5.74, 6) is 1.17. The van der Waals surface area contributed by atoms with Crippen molar-refractivity contribution in [3.63, 3.8) is 0 Å². The second-order valence-electron chi connectivity index (χ2n) is 7.08.